The predicted octanol–water partition coefficient (Wildman–Crippen LogP) is 5.84. The minimum absolute atomic E-state index is 0.941. The van der Waals surface area contributed by atoms with E-state index in [4.69, 9.17) is 0 Å². The molecule has 0 aromatic heterocycles. The van der Waals surface area contributed by atoms with E-state index in [0.29, 0.717) is 0 Å². The van der Waals surface area contributed by atoms with Crippen LogP contribution in [0.1, 0.15) is 58.1 Å². The van der Waals surface area contributed by atoms with Gasteiger partial charge < -0.3 is 4.90 Å². The molecule has 0 aliphatic heterocycles. The highest BCUT2D eigenvalue weighted by molar-refractivity contribution is 5.70. The summed E-state index contributed by atoms with van der Waals surface area (Å²) < 4.78 is 0. The Morgan fingerprint density at radius 3 is 2.30 bits per heavy atom. The fourth-order valence-electron chi connectivity index (χ4n) is 2.58. The first kappa shape index (κ1) is 19.2. The predicted molar refractivity (Wildman–Crippen MR) is 104 cm³/mol. The molecule has 1 aromatic rings. The maximum absolute atomic E-state index is 4.38. The van der Waals surface area contributed by atoms with Crippen molar-refractivity contribution in [2.24, 2.45) is 4.99 Å². The molecule has 0 N–H and O–H groups in total. The second kappa shape index (κ2) is 10.0. The van der Waals surface area contributed by atoms with E-state index in [2.05, 4.69) is 81.6 Å². The number of nitrogens with zero attached hydrogens (tertiary/aromatic N) is 2. The van der Waals surface area contributed by atoms with Gasteiger partial charge in [-0.1, -0.05) is 61.7 Å². The normalized spacial score (nSPS) is 11.7. The summed E-state index contributed by atoms with van der Waals surface area (Å²) >= 11 is 0. The standard InChI is InChI=1S/C21H32N2/c1-7-9-15-23(16-14-17(3)4)20(8-2)21(22-6)19-12-10-18(5)11-13-19/h10-14H,6-9,15-16H2,1-5H3/b21-20-. The number of aliphatic imine (C=N–C) groups is 1. The molecule has 0 aliphatic carbocycles. The van der Waals surface area contributed by atoms with Crippen molar-refractivity contribution in [3.63, 3.8) is 0 Å². The van der Waals surface area contributed by atoms with Crippen molar-refractivity contribution in [1.82, 2.24) is 4.90 Å². The quantitative estimate of drug-likeness (QED) is 0.413. The van der Waals surface area contributed by atoms with Crippen LogP contribution in [0.2, 0.25) is 0 Å². The Hall–Kier alpha value is -1.83. The van der Waals surface area contributed by atoms with Crippen molar-refractivity contribution in [2.75, 3.05) is 13.1 Å². The van der Waals surface area contributed by atoms with Crippen molar-refractivity contribution in [3.8, 4) is 0 Å². The number of hydrogen-bond acceptors (Lipinski definition) is 2. The number of allylic oxidation sites excluding steroid dienone is 2. The van der Waals surface area contributed by atoms with Crippen molar-refractivity contribution in [1.29, 1.82) is 0 Å². The second-order valence-electron chi connectivity index (χ2n) is 6.25. The van der Waals surface area contributed by atoms with Crippen LogP contribution in [0.4, 0.5) is 0 Å². The van der Waals surface area contributed by atoms with Crippen LogP contribution in [-0.2, 0) is 0 Å². The van der Waals surface area contributed by atoms with Gasteiger partial charge in [0.15, 0.2) is 0 Å². The molecule has 2 nitrogen and oxygen atoms in total. The van der Waals surface area contributed by atoms with Gasteiger partial charge in [0.2, 0.25) is 0 Å². The molecule has 1 rings (SSSR count). The lowest BCUT2D eigenvalue weighted by molar-refractivity contribution is 0.362. The van der Waals surface area contributed by atoms with E-state index in [1.165, 1.54) is 29.7 Å². The van der Waals surface area contributed by atoms with E-state index in [-0.39, 0.29) is 0 Å². The molecular weight excluding hydrogens is 280 g/mol. The van der Waals surface area contributed by atoms with E-state index in [9.17, 15) is 0 Å². The summed E-state index contributed by atoms with van der Waals surface area (Å²) in [6.07, 6.45) is 5.64. The van der Waals surface area contributed by atoms with Crippen molar-refractivity contribution in [2.45, 2.75) is 53.9 Å². The van der Waals surface area contributed by atoms with E-state index in [0.717, 1.165) is 30.8 Å². The first-order valence-electron chi connectivity index (χ1n) is 8.68. The molecule has 0 amide bonds. The lowest BCUT2D eigenvalue weighted by Gasteiger charge is -2.28. The molecular formula is C21H32N2. The Morgan fingerprint density at radius 2 is 1.83 bits per heavy atom. The number of hydrogen-bond donors (Lipinski definition) is 0. The highest BCUT2D eigenvalue weighted by Crippen LogP contribution is 2.25. The SMILES string of the molecule is C=N/C(=C(/CC)N(CC=C(C)C)CCCC)c1ccc(C)cc1. The van der Waals surface area contributed by atoms with E-state index in [1.54, 1.807) is 0 Å². The summed E-state index contributed by atoms with van der Waals surface area (Å²) in [5, 5.41) is 0. The minimum Gasteiger partial charge on any atom is -0.369 e. The lowest BCUT2D eigenvalue weighted by atomic mass is 10.1. The Kier molecular flexibility index (Phi) is 8.39. The smallest absolute Gasteiger partial charge is 0.0885 e. The molecule has 126 valence electrons. The van der Waals surface area contributed by atoms with Crippen molar-refractivity contribution >= 4 is 12.4 Å². The molecule has 0 saturated heterocycles. The van der Waals surface area contributed by atoms with Crippen molar-refractivity contribution < 1.29 is 0 Å². The second-order valence-corrected chi connectivity index (χ2v) is 6.25. The zero-order chi connectivity index (χ0) is 17.2. The molecule has 1 aromatic carbocycles. The molecule has 0 heterocycles. The van der Waals surface area contributed by atoms with Crippen LogP contribution in [-0.4, -0.2) is 24.7 Å². The molecule has 0 saturated carbocycles. The third-order valence-corrected chi connectivity index (χ3v) is 3.97. The van der Waals surface area contributed by atoms with Crippen LogP contribution in [0, 0.1) is 6.92 Å². The molecule has 23 heavy (non-hydrogen) atoms. The highest BCUT2D eigenvalue weighted by atomic mass is 15.1. The molecule has 0 radical (unpaired) electrons. The molecule has 0 spiro atoms. The summed E-state index contributed by atoms with van der Waals surface area (Å²) in [5.74, 6) is 0. The van der Waals surface area contributed by atoms with Crippen LogP contribution in [0.25, 0.3) is 5.70 Å². The molecule has 2 heteroatoms. The summed E-state index contributed by atoms with van der Waals surface area (Å²) in [5.41, 5.74) is 6.08. The maximum Gasteiger partial charge on any atom is 0.0885 e. The van der Waals surface area contributed by atoms with Crippen LogP contribution >= 0.6 is 0 Å². The Morgan fingerprint density at radius 1 is 1.17 bits per heavy atom. The van der Waals surface area contributed by atoms with Gasteiger partial charge in [0.25, 0.3) is 0 Å². The van der Waals surface area contributed by atoms with Gasteiger partial charge >= 0.3 is 0 Å². The van der Waals surface area contributed by atoms with Gasteiger partial charge in [-0.2, -0.15) is 0 Å². The lowest BCUT2D eigenvalue weighted by Crippen LogP contribution is -2.25. The van der Waals surface area contributed by atoms with Gasteiger partial charge in [0.1, 0.15) is 0 Å². The summed E-state index contributed by atoms with van der Waals surface area (Å²) in [4.78, 5) is 6.84. The Balaban J connectivity index is 3.24. The largest absolute Gasteiger partial charge is 0.369 e. The van der Waals surface area contributed by atoms with Crippen LogP contribution in [0.3, 0.4) is 0 Å². The zero-order valence-corrected chi connectivity index (χ0v) is 15.5. The number of rotatable bonds is 9. The average Bonchev–Trinajstić information content (AvgIpc) is 2.54. The van der Waals surface area contributed by atoms with Crippen LogP contribution in [0.5, 0.6) is 0 Å². The molecule has 0 unspecified atom stereocenters. The Bertz CT molecular complexity index is 546. The van der Waals surface area contributed by atoms with Gasteiger partial charge in [-0.3, -0.25) is 4.99 Å². The number of unbranched alkanes of at least 4 members (excludes halogenated alkanes) is 1. The van der Waals surface area contributed by atoms with Crippen LogP contribution in [0.15, 0.2) is 46.6 Å². The number of benzene rings is 1. The number of aryl methyl sites for hydroxylation is 1. The van der Waals surface area contributed by atoms with E-state index in [1.807, 2.05) is 0 Å². The van der Waals surface area contributed by atoms with E-state index >= 15 is 0 Å². The van der Waals surface area contributed by atoms with Crippen molar-refractivity contribution in [3.05, 3.63) is 52.7 Å². The fraction of sp³-hybridized carbons (Fsp3) is 0.476. The average molecular weight is 313 g/mol. The first-order chi connectivity index (χ1) is 11.0. The zero-order valence-electron chi connectivity index (χ0n) is 15.5. The molecule has 0 bridgehead atoms. The summed E-state index contributed by atoms with van der Waals surface area (Å²) in [7, 11) is 0. The monoisotopic (exact) mass is 312 g/mol. The third kappa shape index (κ3) is 6.05. The Labute approximate surface area is 142 Å². The van der Waals surface area contributed by atoms with Gasteiger partial charge in [-0.15, -0.1) is 0 Å². The first-order valence-corrected chi connectivity index (χ1v) is 8.68. The third-order valence-electron chi connectivity index (χ3n) is 3.97. The van der Waals surface area contributed by atoms with Gasteiger partial charge in [0.05, 0.1) is 5.70 Å². The topological polar surface area (TPSA) is 15.6 Å². The minimum atomic E-state index is 0.941. The summed E-state index contributed by atoms with van der Waals surface area (Å²) in [6, 6.07) is 8.57. The molecule has 0 fully saturated rings. The summed E-state index contributed by atoms with van der Waals surface area (Å²) in [6.45, 7) is 16.7. The molecule has 0 aliphatic rings. The molecule has 0 atom stereocenters. The van der Waals surface area contributed by atoms with Gasteiger partial charge in [-0.05, 0) is 40.3 Å². The highest BCUT2D eigenvalue weighted by Gasteiger charge is 2.13. The van der Waals surface area contributed by atoms with Gasteiger partial charge in [-0.25, -0.2) is 0 Å². The van der Waals surface area contributed by atoms with Gasteiger partial charge in [0, 0.05) is 24.4 Å². The maximum atomic E-state index is 4.38. The fourth-order valence-corrected chi connectivity index (χ4v) is 2.58. The van der Waals surface area contributed by atoms with Crippen LogP contribution < -0.4 is 0 Å². The van der Waals surface area contributed by atoms with E-state index < -0.39 is 0 Å².